The van der Waals surface area contributed by atoms with Gasteiger partial charge < -0.3 is 19.3 Å². The molecule has 212 valence electrons. The lowest BCUT2D eigenvalue weighted by Crippen LogP contribution is -2.49. The fourth-order valence-electron chi connectivity index (χ4n) is 4.85. The van der Waals surface area contributed by atoms with Gasteiger partial charge in [-0.3, -0.25) is 4.79 Å². The number of halogens is 3. The highest BCUT2D eigenvalue weighted by molar-refractivity contribution is 7.89. The number of carbonyl (C=O) groups is 1. The number of piperazine rings is 1. The summed E-state index contributed by atoms with van der Waals surface area (Å²) in [7, 11) is -0.780. The van der Waals surface area contributed by atoms with Gasteiger partial charge in [-0.2, -0.15) is 17.5 Å². The maximum absolute atomic E-state index is 13.3. The molecule has 0 spiro atoms. The first-order chi connectivity index (χ1) is 19.0. The molecule has 0 N–H and O–H groups in total. The fourth-order valence-corrected chi connectivity index (χ4v) is 6.33. The number of hydrogen-bond donors (Lipinski definition) is 0. The van der Waals surface area contributed by atoms with Gasteiger partial charge in [0.1, 0.15) is 0 Å². The molecule has 10 nitrogen and oxygen atoms in total. The number of sulfonamides is 1. The molecule has 5 rings (SSSR count). The molecule has 0 radical (unpaired) electrons. The Bertz CT molecular complexity index is 1520. The Balaban J connectivity index is 1.25. The number of alkyl halides is 3. The number of amides is 1. The van der Waals surface area contributed by atoms with Gasteiger partial charge in [-0.05, 0) is 60.5 Å². The third kappa shape index (κ3) is 5.16. The number of carbonyl (C=O) groups excluding carboxylic acids is 1. The van der Waals surface area contributed by atoms with Crippen molar-refractivity contribution in [3.63, 3.8) is 0 Å². The van der Waals surface area contributed by atoms with Crippen LogP contribution in [0.15, 0.2) is 53.4 Å². The fraction of sp³-hybridized carbons (Fsp3) is 0.346. The summed E-state index contributed by atoms with van der Waals surface area (Å²) in [6, 6.07) is 12.9. The average molecular weight is 578 g/mol. The quantitative estimate of drug-likeness (QED) is 0.440. The van der Waals surface area contributed by atoms with E-state index in [2.05, 4.69) is 10.2 Å². The van der Waals surface area contributed by atoms with Gasteiger partial charge in [0.05, 0.1) is 24.8 Å². The summed E-state index contributed by atoms with van der Waals surface area (Å²) < 4.78 is 77.2. The summed E-state index contributed by atoms with van der Waals surface area (Å²) in [5, 5.41) is 8.64. The Morgan fingerprint density at radius 1 is 0.875 bits per heavy atom. The topological polar surface area (TPSA) is 105 Å². The Morgan fingerprint density at radius 2 is 1.60 bits per heavy atom. The van der Waals surface area contributed by atoms with Crippen LogP contribution in [0.5, 0.6) is 11.5 Å². The van der Waals surface area contributed by atoms with E-state index in [9.17, 15) is 26.4 Å². The smallest absolute Gasteiger partial charge is 0.471 e. The van der Waals surface area contributed by atoms with E-state index in [0.717, 1.165) is 5.56 Å². The molecule has 3 aromatic rings. The Labute approximate surface area is 229 Å². The molecule has 1 amide bonds. The molecule has 0 atom stereocenters. The van der Waals surface area contributed by atoms with E-state index in [1.807, 2.05) is 23.1 Å². The van der Waals surface area contributed by atoms with Crippen LogP contribution in [0.1, 0.15) is 5.56 Å². The minimum atomic E-state index is -5.00. The van der Waals surface area contributed by atoms with Gasteiger partial charge in [-0.25, -0.2) is 8.42 Å². The molecule has 2 aliphatic rings. The molecule has 3 heterocycles. The van der Waals surface area contributed by atoms with Crippen LogP contribution in [-0.2, 0) is 21.2 Å². The lowest BCUT2D eigenvalue weighted by Gasteiger charge is -2.34. The predicted octanol–water partition coefficient (Wildman–Crippen LogP) is 3.12. The van der Waals surface area contributed by atoms with E-state index in [4.69, 9.17) is 9.47 Å². The van der Waals surface area contributed by atoms with E-state index in [1.54, 1.807) is 26.4 Å². The Kier molecular flexibility index (Phi) is 7.31. The summed E-state index contributed by atoms with van der Waals surface area (Å²) in [5.74, 6) is -0.188. The lowest BCUT2D eigenvalue weighted by molar-refractivity contribution is -0.170. The number of ether oxygens (including phenoxy) is 2. The summed E-state index contributed by atoms with van der Waals surface area (Å²) in [4.78, 5) is 14.3. The first-order valence-electron chi connectivity index (χ1n) is 12.4. The highest BCUT2D eigenvalue weighted by atomic mass is 32.2. The van der Waals surface area contributed by atoms with Gasteiger partial charge >= 0.3 is 12.1 Å². The van der Waals surface area contributed by atoms with Crippen molar-refractivity contribution in [1.29, 1.82) is 0 Å². The zero-order valence-corrected chi connectivity index (χ0v) is 22.5. The van der Waals surface area contributed by atoms with E-state index in [1.165, 1.54) is 22.5 Å². The number of hydrogen-bond acceptors (Lipinski definition) is 8. The molecule has 0 unspecified atom stereocenters. The van der Waals surface area contributed by atoms with E-state index in [0.29, 0.717) is 46.6 Å². The predicted molar refractivity (Wildman–Crippen MR) is 140 cm³/mol. The van der Waals surface area contributed by atoms with Crippen LogP contribution in [0.4, 0.5) is 24.7 Å². The molecule has 14 heteroatoms. The normalized spacial score (nSPS) is 16.1. The van der Waals surface area contributed by atoms with Gasteiger partial charge in [0, 0.05) is 44.0 Å². The van der Waals surface area contributed by atoms with Crippen LogP contribution in [0.3, 0.4) is 0 Å². The number of benzene rings is 2. The number of nitrogens with zero attached hydrogens (tertiary/aromatic N) is 5. The standard InChI is InChI=1S/C26H26F3N5O5S/c1-38-22-7-3-17(16-23(22)39-2)20-5-8-24(31-30-20)32-11-13-33(14-12-32)40(36,37)19-4-6-21-18(15-19)9-10-34(21)25(35)26(27,28)29/h3-8,15-16H,9-14H2,1-2H3. The van der Waals surface area contributed by atoms with Crippen LogP contribution in [0.2, 0.25) is 0 Å². The largest absolute Gasteiger partial charge is 0.493 e. The second-order valence-corrected chi connectivity index (χ2v) is 11.2. The average Bonchev–Trinajstić information content (AvgIpc) is 3.39. The number of methoxy groups -OCH3 is 2. The van der Waals surface area contributed by atoms with Crippen LogP contribution >= 0.6 is 0 Å². The summed E-state index contributed by atoms with van der Waals surface area (Å²) in [6.07, 6.45) is -4.85. The molecule has 1 aromatic heterocycles. The third-order valence-electron chi connectivity index (χ3n) is 6.96. The number of anilines is 2. The zero-order chi connectivity index (χ0) is 28.7. The summed E-state index contributed by atoms with van der Waals surface area (Å²) >= 11 is 0. The van der Waals surface area contributed by atoms with Crippen molar-refractivity contribution in [2.45, 2.75) is 17.5 Å². The van der Waals surface area contributed by atoms with Crippen molar-refractivity contribution in [1.82, 2.24) is 14.5 Å². The van der Waals surface area contributed by atoms with Crippen molar-refractivity contribution >= 4 is 27.4 Å². The van der Waals surface area contributed by atoms with Gasteiger partial charge in [0.25, 0.3) is 0 Å². The SMILES string of the molecule is COc1ccc(-c2ccc(N3CCN(S(=O)(=O)c4ccc5c(c4)CCN5C(=O)C(F)(F)F)CC3)nn2)cc1OC. The van der Waals surface area contributed by atoms with Crippen molar-refractivity contribution in [2.24, 2.45) is 0 Å². The molecule has 40 heavy (non-hydrogen) atoms. The van der Waals surface area contributed by atoms with Crippen molar-refractivity contribution in [3.8, 4) is 22.8 Å². The van der Waals surface area contributed by atoms with Gasteiger partial charge in [-0.15, -0.1) is 10.2 Å². The van der Waals surface area contributed by atoms with Crippen LogP contribution < -0.4 is 19.3 Å². The first kappa shape index (κ1) is 27.6. The van der Waals surface area contributed by atoms with Crippen molar-refractivity contribution < 1.29 is 35.9 Å². The molecular formula is C26H26F3N5O5S. The molecule has 0 aliphatic carbocycles. The highest BCUT2D eigenvalue weighted by Crippen LogP contribution is 2.35. The Hall–Kier alpha value is -3.91. The molecule has 0 saturated carbocycles. The number of fused-ring (bicyclic) bond motifs is 1. The second kappa shape index (κ2) is 10.6. The third-order valence-corrected chi connectivity index (χ3v) is 8.86. The van der Waals surface area contributed by atoms with E-state index in [-0.39, 0.29) is 36.6 Å². The maximum Gasteiger partial charge on any atom is 0.471 e. The molecule has 0 bridgehead atoms. The monoisotopic (exact) mass is 577 g/mol. The molecule has 1 saturated heterocycles. The van der Waals surface area contributed by atoms with Crippen LogP contribution in [-0.4, -0.2) is 81.9 Å². The van der Waals surface area contributed by atoms with Gasteiger partial charge in [0.15, 0.2) is 17.3 Å². The highest BCUT2D eigenvalue weighted by Gasteiger charge is 2.45. The Morgan fingerprint density at radius 3 is 2.23 bits per heavy atom. The summed E-state index contributed by atoms with van der Waals surface area (Å²) in [5.41, 5.74) is 1.91. The van der Waals surface area contributed by atoms with Crippen LogP contribution in [0.25, 0.3) is 11.3 Å². The first-order valence-corrected chi connectivity index (χ1v) is 13.8. The maximum atomic E-state index is 13.3. The molecule has 2 aliphatic heterocycles. The minimum absolute atomic E-state index is 0.0138. The summed E-state index contributed by atoms with van der Waals surface area (Å²) in [6.45, 7) is 0.987. The molecular weight excluding hydrogens is 551 g/mol. The zero-order valence-electron chi connectivity index (χ0n) is 21.7. The van der Waals surface area contributed by atoms with Crippen molar-refractivity contribution in [2.75, 3.05) is 56.7 Å². The molecule has 1 fully saturated rings. The van der Waals surface area contributed by atoms with E-state index < -0.39 is 22.1 Å². The second-order valence-electron chi connectivity index (χ2n) is 9.23. The van der Waals surface area contributed by atoms with Gasteiger partial charge in [-0.1, -0.05) is 0 Å². The van der Waals surface area contributed by atoms with E-state index >= 15 is 0 Å². The van der Waals surface area contributed by atoms with Gasteiger partial charge in [0.2, 0.25) is 10.0 Å². The van der Waals surface area contributed by atoms with Crippen LogP contribution in [0, 0.1) is 0 Å². The number of rotatable bonds is 6. The number of aromatic nitrogens is 2. The molecule has 2 aromatic carbocycles. The van der Waals surface area contributed by atoms with Crippen molar-refractivity contribution in [3.05, 3.63) is 54.1 Å². The lowest BCUT2D eigenvalue weighted by atomic mass is 10.1. The minimum Gasteiger partial charge on any atom is -0.493 e.